The Morgan fingerprint density at radius 2 is 2.04 bits per heavy atom. The van der Waals surface area contributed by atoms with Crippen LogP contribution in [0, 0.1) is 0 Å². The number of hydrogen-bond donors (Lipinski definition) is 1. The van der Waals surface area contributed by atoms with E-state index in [1.165, 1.54) is 0 Å². The average Bonchev–Trinajstić information content (AvgIpc) is 2.97. The second-order valence-corrected chi connectivity index (χ2v) is 7.09. The van der Waals surface area contributed by atoms with Crippen LogP contribution in [0.3, 0.4) is 0 Å². The molecule has 0 spiro atoms. The number of piperidine rings is 1. The topological polar surface area (TPSA) is 63.6 Å². The molecule has 6 nitrogen and oxygen atoms in total. The van der Waals surface area contributed by atoms with Gasteiger partial charge in [-0.1, -0.05) is 22.0 Å². The monoisotopic (exact) mass is 407 g/mol. The third kappa shape index (κ3) is 4.34. The first kappa shape index (κ1) is 17.8. The number of nitrogens with zero attached hydrogens (tertiary/aromatic N) is 2. The van der Waals surface area contributed by atoms with Crippen LogP contribution in [0.25, 0.3) is 10.9 Å². The molecule has 0 bridgehead atoms. The van der Waals surface area contributed by atoms with Gasteiger partial charge in [0, 0.05) is 35.3 Å². The van der Waals surface area contributed by atoms with Crippen molar-refractivity contribution in [1.29, 1.82) is 0 Å². The quantitative estimate of drug-likeness (QED) is 0.846. The zero-order valence-electron chi connectivity index (χ0n) is 14.2. The SMILES string of the molecule is CCOC(=O)N1CCC(NC(=O)Cn2ccc3ccc(Br)cc32)CC1. The Morgan fingerprint density at radius 1 is 1.28 bits per heavy atom. The molecule has 1 fully saturated rings. The summed E-state index contributed by atoms with van der Waals surface area (Å²) in [5, 5.41) is 4.19. The van der Waals surface area contributed by atoms with Gasteiger partial charge in [-0.05, 0) is 43.4 Å². The van der Waals surface area contributed by atoms with Crippen molar-refractivity contribution in [2.45, 2.75) is 32.4 Å². The summed E-state index contributed by atoms with van der Waals surface area (Å²) in [6, 6.07) is 8.14. The van der Waals surface area contributed by atoms with Crippen LogP contribution in [-0.4, -0.2) is 47.2 Å². The van der Waals surface area contributed by atoms with Crippen molar-refractivity contribution in [1.82, 2.24) is 14.8 Å². The molecule has 1 aromatic heterocycles. The number of hydrogen-bond acceptors (Lipinski definition) is 3. The van der Waals surface area contributed by atoms with E-state index in [0.29, 0.717) is 19.7 Å². The molecule has 7 heteroatoms. The van der Waals surface area contributed by atoms with Crippen molar-refractivity contribution in [2.75, 3.05) is 19.7 Å². The third-order valence-corrected chi connectivity index (χ3v) is 4.93. The molecule has 0 radical (unpaired) electrons. The second kappa shape index (κ2) is 7.91. The van der Waals surface area contributed by atoms with E-state index < -0.39 is 0 Å². The molecule has 0 aliphatic carbocycles. The summed E-state index contributed by atoms with van der Waals surface area (Å²) in [6.45, 7) is 3.70. The molecule has 0 atom stereocenters. The number of amides is 2. The van der Waals surface area contributed by atoms with E-state index in [2.05, 4.69) is 21.2 Å². The lowest BCUT2D eigenvalue weighted by Crippen LogP contribution is -2.47. The van der Waals surface area contributed by atoms with Gasteiger partial charge in [0.2, 0.25) is 5.91 Å². The Morgan fingerprint density at radius 3 is 2.76 bits per heavy atom. The lowest BCUT2D eigenvalue weighted by Gasteiger charge is -2.31. The summed E-state index contributed by atoms with van der Waals surface area (Å²) in [5.74, 6) is -0.00735. The van der Waals surface area contributed by atoms with Gasteiger partial charge in [-0.15, -0.1) is 0 Å². The predicted octanol–water partition coefficient (Wildman–Crippen LogP) is 3.14. The first-order chi connectivity index (χ1) is 12.1. The first-order valence-electron chi connectivity index (χ1n) is 8.52. The molecule has 1 N–H and O–H groups in total. The van der Waals surface area contributed by atoms with Crippen LogP contribution in [0.4, 0.5) is 4.79 Å². The van der Waals surface area contributed by atoms with E-state index in [-0.39, 0.29) is 24.6 Å². The number of likely N-dealkylation sites (tertiary alicyclic amines) is 1. The Labute approximate surface area is 155 Å². The highest BCUT2D eigenvalue weighted by Crippen LogP contribution is 2.21. The van der Waals surface area contributed by atoms with E-state index >= 15 is 0 Å². The van der Waals surface area contributed by atoms with Crippen molar-refractivity contribution in [3.63, 3.8) is 0 Å². The highest BCUT2D eigenvalue weighted by atomic mass is 79.9. The summed E-state index contributed by atoms with van der Waals surface area (Å²) in [7, 11) is 0. The van der Waals surface area contributed by atoms with Gasteiger partial charge in [0.15, 0.2) is 0 Å². The summed E-state index contributed by atoms with van der Waals surface area (Å²) in [6.07, 6.45) is 3.17. The van der Waals surface area contributed by atoms with E-state index in [0.717, 1.165) is 28.2 Å². The lowest BCUT2D eigenvalue weighted by atomic mass is 10.1. The Bertz CT molecular complexity index is 766. The van der Waals surface area contributed by atoms with Crippen LogP contribution < -0.4 is 5.32 Å². The van der Waals surface area contributed by atoms with Gasteiger partial charge in [-0.3, -0.25) is 4.79 Å². The molecule has 1 aliphatic rings. The number of aromatic nitrogens is 1. The van der Waals surface area contributed by atoms with E-state index in [9.17, 15) is 9.59 Å². The first-order valence-corrected chi connectivity index (χ1v) is 9.31. The van der Waals surface area contributed by atoms with Gasteiger partial charge in [0.05, 0.1) is 6.61 Å². The minimum Gasteiger partial charge on any atom is -0.450 e. The van der Waals surface area contributed by atoms with Crippen LogP contribution in [0.1, 0.15) is 19.8 Å². The normalized spacial score (nSPS) is 15.4. The van der Waals surface area contributed by atoms with Crippen LogP contribution in [0.15, 0.2) is 34.9 Å². The van der Waals surface area contributed by atoms with Gasteiger partial charge >= 0.3 is 6.09 Å². The van der Waals surface area contributed by atoms with Crippen molar-refractivity contribution in [3.8, 4) is 0 Å². The number of fused-ring (bicyclic) bond motifs is 1. The maximum Gasteiger partial charge on any atom is 0.409 e. The maximum absolute atomic E-state index is 12.4. The summed E-state index contributed by atoms with van der Waals surface area (Å²) in [5.41, 5.74) is 1.03. The zero-order chi connectivity index (χ0) is 17.8. The van der Waals surface area contributed by atoms with Crippen molar-refractivity contribution < 1.29 is 14.3 Å². The van der Waals surface area contributed by atoms with Crippen molar-refractivity contribution in [2.24, 2.45) is 0 Å². The Balaban J connectivity index is 1.53. The van der Waals surface area contributed by atoms with Crippen molar-refractivity contribution in [3.05, 3.63) is 34.9 Å². The fraction of sp³-hybridized carbons (Fsp3) is 0.444. The number of nitrogens with one attached hydrogen (secondary N) is 1. The molecule has 25 heavy (non-hydrogen) atoms. The number of carbonyl (C=O) groups is 2. The number of ether oxygens (including phenoxy) is 1. The van der Waals surface area contributed by atoms with Gasteiger partial charge in [0.1, 0.15) is 6.54 Å². The number of carbonyl (C=O) groups excluding carboxylic acids is 2. The van der Waals surface area contributed by atoms with E-state index in [4.69, 9.17) is 4.74 Å². The van der Waals surface area contributed by atoms with Crippen LogP contribution >= 0.6 is 15.9 Å². The molecule has 2 amide bonds. The molecular weight excluding hydrogens is 386 g/mol. The Hall–Kier alpha value is -2.02. The molecule has 1 aliphatic heterocycles. The van der Waals surface area contributed by atoms with Gasteiger partial charge in [-0.2, -0.15) is 0 Å². The zero-order valence-corrected chi connectivity index (χ0v) is 15.8. The Kier molecular flexibility index (Phi) is 5.63. The van der Waals surface area contributed by atoms with Crippen LogP contribution in [-0.2, 0) is 16.1 Å². The highest BCUT2D eigenvalue weighted by molar-refractivity contribution is 9.10. The minimum atomic E-state index is -0.267. The van der Waals surface area contributed by atoms with E-state index in [1.807, 2.05) is 35.0 Å². The number of benzene rings is 1. The standard InChI is InChI=1S/C18H22BrN3O3/c1-2-25-18(24)21-9-6-15(7-10-21)20-17(23)12-22-8-5-13-3-4-14(19)11-16(13)22/h3-5,8,11,15H,2,6-7,9-10,12H2,1H3,(H,20,23). The fourth-order valence-electron chi connectivity index (χ4n) is 3.14. The lowest BCUT2D eigenvalue weighted by molar-refractivity contribution is -0.122. The third-order valence-electron chi connectivity index (χ3n) is 4.44. The fourth-order valence-corrected chi connectivity index (χ4v) is 3.49. The average molecular weight is 408 g/mol. The predicted molar refractivity (Wildman–Crippen MR) is 99.4 cm³/mol. The molecule has 2 aromatic rings. The van der Waals surface area contributed by atoms with Crippen molar-refractivity contribution >= 4 is 38.8 Å². The largest absolute Gasteiger partial charge is 0.450 e. The molecule has 1 aromatic carbocycles. The van der Waals surface area contributed by atoms with Gasteiger partial charge in [-0.25, -0.2) is 4.79 Å². The number of rotatable bonds is 4. The number of halogens is 1. The second-order valence-electron chi connectivity index (χ2n) is 6.17. The molecule has 134 valence electrons. The maximum atomic E-state index is 12.4. The molecule has 0 unspecified atom stereocenters. The molecule has 3 rings (SSSR count). The molecule has 1 saturated heterocycles. The van der Waals surface area contributed by atoms with Gasteiger partial charge in [0.25, 0.3) is 0 Å². The van der Waals surface area contributed by atoms with Crippen LogP contribution in [0.2, 0.25) is 0 Å². The highest BCUT2D eigenvalue weighted by Gasteiger charge is 2.24. The molecule has 0 saturated carbocycles. The smallest absolute Gasteiger partial charge is 0.409 e. The summed E-state index contributed by atoms with van der Waals surface area (Å²) in [4.78, 5) is 25.8. The molecule has 2 heterocycles. The van der Waals surface area contributed by atoms with Crippen LogP contribution in [0.5, 0.6) is 0 Å². The minimum absolute atomic E-state index is 0.00735. The van der Waals surface area contributed by atoms with E-state index in [1.54, 1.807) is 11.8 Å². The summed E-state index contributed by atoms with van der Waals surface area (Å²) >= 11 is 3.47. The summed E-state index contributed by atoms with van der Waals surface area (Å²) < 4.78 is 7.95. The molecular formula is C18H22BrN3O3. The van der Waals surface area contributed by atoms with Gasteiger partial charge < -0.3 is 19.5 Å².